The third-order valence-electron chi connectivity index (χ3n) is 7.86. The van der Waals surface area contributed by atoms with Gasteiger partial charge in [-0.05, 0) is 49.9 Å². The number of likely N-dealkylation sites (N-methyl/N-ethyl adjacent to an activating group) is 1. The van der Waals surface area contributed by atoms with Crippen LogP contribution in [0.15, 0.2) is 65.9 Å². The predicted octanol–water partition coefficient (Wildman–Crippen LogP) is 4.07. The fourth-order valence-electron chi connectivity index (χ4n) is 5.82. The van der Waals surface area contributed by atoms with E-state index in [1.54, 1.807) is 45.9 Å². The van der Waals surface area contributed by atoms with E-state index >= 15 is 0 Å². The zero-order chi connectivity index (χ0) is 28.4. The number of hydrogen-bond acceptors (Lipinski definition) is 5. The maximum Gasteiger partial charge on any atom is 0.322 e. The van der Waals surface area contributed by atoms with E-state index in [9.17, 15) is 19.2 Å². The van der Waals surface area contributed by atoms with Crippen LogP contribution in [0.4, 0.5) is 4.79 Å². The number of urea groups is 1. The minimum Gasteiger partial charge on any atom is -0.466 e. The van der Waals surface area contributed by atoms with Crippen molar-refractivity contribution < 1.29 is 23.9 Å². The molecule has 2 aromatic carbocycles. The third kappa shape index (κ3) is 5.18. The molecule has 3 aliphatic heterocycles. The zero-order valence-electron chi connectivity index (χ0n) is 22.6. The summed E-state index contributed by atoms with van der Waals surface area (Å²) in [5.41, 5.74) is 2.49. The molecular formula is C30H33ClN4O5. The molecule has 4 amide bonds. The summed E-state index contributed by atoms with van der Waals surface area (Å²) in [7, 11) is 0. The van der Waals surface area contributed by atoms with Gasteiger partial charge in [-0.2, -0.15) is 0 Å². The standard InChI is InChI=1S/C30H33ClN4O5/c1-3-34-23-18-35(27(36)24(23)25(32-30(34)39)19-10-12-22(31)13-11-19)26(20-8-6-5-7-9-20)28(37)33-16-14-21(15-17-33)29(38)40-4-2/h5-13,21,25-26H,3-4,14-18H2,1-2H3,(H,32,39). The lowest BCUT2D eigenvalue weighted by molar-refractivity contribution is -0.152. The molecule has 2 aromatic rings. The second-order valence-corrected chi connectivity index (χ2v) is 10.6. The monoisotopic (exact) mass is 564 g/mol. The number of esters is 1. The first-order chi connectivity index (χ1) is 19.3. The summed E-state index contributed by atoms with van der Waals surface area (Å²) in [5.74, 6) is -0.966. The van der Waals surface area contributed by atoms with E-state index in [0.717, 1.165) is 5.56 Å². The number of carbonyl (C=O) groups excluding carboxylic acids is 4. The van der Waals surface area contributed by atoms with Crippen molar-refractivity contribution in [2.24, 2.45) is 5.92 Å². The number of carbonyl (C=O) groups is 4. The molecule has 1 N–H and O–H groups in total. The molecule has 2 atom stereocenters. The fraction of sp³-hybridized carbons (Fsp3) is 0.400. The van der Waals surface area contributed by atoms with Crippen molar-refractivity contribution in [1.29, 1.82) is 0 Å². The van der Waals surface area contributed by atoms with Gasteiger partial charge in [-0.3, -0.25) is 19.3 Å². The largest absolute Gasteiger partial charge is 0.466 e. The van der Waals surface area contributed by atoms with Crippen LogP contribution in [0.3, 0.4) is 0 Å². The molecular weight excluding hydrogens is 532 g/mol. The summed E-state index contributed by atoms with van der Waals surface area (Å²) in [5, 5.41) is 3.52. The van der Waals surface area contributed by atoms with Crippen molar-refractivity contribution in [3.63, 3.8) is 0 Å². The lowest BCUT2D eigenvalue weighted by atomic mass is 9.94. The van der Waals surface area contributed by atoms with E-state index in [-0.39, 0.29) is 36.3 Å². The number of hydrogen-bond donors (Lipinski definition) is 1. The molecule has 210 valence electrons. The van der Waals surface area contributed by atoms with Gasteiger partial charge >= 0.3 is 12.0 Å². The average Bonchev–Trinajstić information content (AvgIpc) is 3.30. The molecule has 1 saturated heterocycles. The van der Waals surface area contributed by atoms with E-state index in [0.29, 0.717) is 60.9 Å². The van der Waals surface area contributed by atoms with Crippen molar-refractivity contribution in [3.8, 4) is 0 Å². The minimum absolute atomic E-state index is 0.129. The molecule has 0 bridgehead atoms. The number of nitrogens with zero attached hydrogens (tertiary/aromatic N) is 3. The van der Waals surface area contributed by atoms with Crippen LogP contribution in [0.5, 0.6) is 0 Å². The van der Waals surface area contributed by atoms with Gasteiger partial charge in [-0.15, -0.1) is 0 Å². The van der Waals surface area contributed by atoms with Crippen LogP contribution in [0, 0.1) is 5.92 Å². The highest BCUT2D eigenvalue weighted by atomic mass is 35.5. The van der Waals surface area contributed by atoms with Crippen LogP contribution in [0.25, 0.3) is 0 Å². The van der Waals surface area contributed by atoms with Crippen LogP contribution in [-0.2, 0) is 19.1 Å². The topological polar surface area (TPSA) is 99.3 Å². The molecule has 1 fully saturated rings. The molecule has 5 rings (SSSR count). The van der Waals surface area contributed by atoms with Crippen LogP contribution in [0.1, 0.15) is 49.9 Å². The summed E-state index contributed by atoms with van der Waals surface area (Å²) in [6.45, 7) is 5.26. The molecule has 9 nitrogen and oxygen atoms in total. The Morgan fingerprint density at radius 2 is 1.70 bits per heavy atom. The summed E-state index contributed by atoms with van der Waals surface area (Å²) in [6, 6.07) is 14.4. The molecule has 40 heavy (non-hydrogen) atoms. The predicted molar refractivity (Wildman–Crippen MR) is 149 cm³/mol. The Hall–Kier alpha value is -3.85. The molecule has 2 unspecified atom stereocenters. The second-order valence-electron chi connectivity index (χ2n) is 10.1. The maximum atomic E-state index is 14.2. The zero-order valence-corrected chi connectivity index (χ0v) is 23.4. The highest BCUT2D eigenvalue weighted by Gasteiger charge is 2.48. The van der Waals surface area contributed by atoms with Crippen LogP contribution >= 0.6 is 11.6 Å². The normalized spacial score (nSPS) is 20.4. The highest BCUT2D eigenvalue weighted by molar-refractivity contribution is 6.30. The summed E-state index contributed by atoms with van der Waals surface area (Å²) in [4.78, 5) is 58.6. The smallest absolute Gasteiger partial charge is 0.322 e. The molecule has 0 radical (unpaired) electrons. The van der Waals surface area contributed by atoms with Gasteiger partial charge in [0.05, 0.1) is 36.4 Å². The molecule has 0 aromatic heterocycles. The SMILES string of the molecule is CCOC(=O)C1CCN(C(=O)C(c2ccccc2)N2CC3=C(C2=O)C(c2ccc(Cl)cc2)NC(=O)N3CC)CC1. The lowest BCUT2D eigenvalue weighted by Crippen LogP contribution is -2.48. The number of likely N-dealkylation sites (tertiary alicyclic amines) is 1. The Morgan fingerprint density at radius 1 is 1.02 bits per heavy atom. The Balaban J connectivity index is 1.46. The van der Waals surface area contributed by atoms with Crippen LogP contribution < -0.4 is 5.32 Å². The Labute approximate surface area is 238 Å². The number of benzene rings is 2. The van der Waals surface area contributed by atoms with Crippen molar-refractivity contribution in [3.05, 3.63) is 82.0 Å². The first-order valence-corrected chi connectivity index (χ1v) is 14.1. The molecule has 0 spiro atoms. The molecule has 0 aliphatic carbocycles. The van der Waals surface area contributed by atoms with Gasteiger partial charge in [0.25, 0.3) is 5.91 Å². The van der Waals surface area contributed by atoms with Gasteiger partial charge in [-0.1, -0.05) is 54.1 Å². The van der Waals surface area contributed by atoms with Gasteiger partial charge < -0.3 is 19.9 Å². The Kier molecular flexibility index (Phi) is 8.12. The molecule has 10 heteroatoms. The first kappa shape index (κ1) is 27.7. The Bertz CT molecular complexity index is 1320. The quantitative estimate of drug-likeness (QED) is 0.511. The van der Waals surface area contributed by atoms with Gasteiger partial charge in [0.2, 0.25) is 5.91 Å². The van der Waals surface area contributed by atoms with Crippen molar-refractivity contribution in [2.75, 3.05) is 32.8 Å². The van der Waals surface area contributed by atoms with Gasteiger partial charge in [0.15, 0.2) is 0 Å². The molecule has 3 heterocycles. The second kappa shape index (κ2) is 11.7. The average molecular weight is 565 g/mol. The van der Waals surface area contributed by atoms with E-state index < -0.39 is 12.1 Å². The van der Waals surface area contributed by atoms with E-state index in [1.807, 2.05) is 37.3 Å². The fourth-order valence-corrected chi connectivity index (χ4v) is 5.95. The molecule has 3 aliphatic rings. The van der Waals surface area contributed by atoms with E-state index in [4.69, 9.17) is 16.3 Å². The van der Waals surface area contributed by atoms with Gasteiger partial charge in [0.1, 0.15) is 6.04 Å². The van der Waals surface area contributed by atoms with E-state index in [1.165, 1.54) is 0 Å². The summed E-state index contributed by atoms with van der Waals surface area (Å²) >= 11 is 6.10. The van der Waals surface area contributed by atoms with Crippen molar-refractivity contribution >= 4 is 35.4 Å². The highest BCUT2D eigenvalue weighted by Crippen LogP contribution is 2.40. The third-order valence-corrected chi connectivity index (χ3v) is 8.11. The number of nitrogens with one attached hydrogen (secondary N) is 1. The van der Waals surface area contributed by atoms with Crippen LogP contribution in [0.2, 0.25) is 5.02 Å². The number of rotatable bonds is 7. The van der Waals surface area contributed by atoms with Gasteiger partial charge in [-0.25, -0.2) is 4.79 Å². The summed E-state index contributed by atoms with van der Waals surface area (Å²) in [6.07, 6.45) is 1.02. The number of ether oxygens (including phenoxy) is 1. The van der Waals surface area contributed by atoms with Crippen LogP contribution in [-0.4, -0.2) is 71.3 Å². The maximum absolute atomic E-state index is 14.2. The first-order valence-electron chi connectivity index (χ1n) is 13.7. The van der Waals surface area contributed by atoms with Crippen molar-refractivity contribution in [2.45, 2.75) is 38.8 Å². The minimum atomic E-state index is -0.877. The lowest BCUT2D eigenvalue weighted by Gasteiger charge is -2.36. The Morgan fingerprint density at radius 3 is 2.33 bits per heavy atom. The summed E-state index contributed by atoms with van der Waals surface area (Å²) < 4.78 is 5.18. The van der Waals surface area contributed by atoms with Gasteiger partial charge in [0, 0.05) is 24.7 Å². The molecule has 0 saturated carbocycles. The number of halogens is 1. The number of piperidine rings is 1. The number of amides is 4. The van der Waals surface area contributed by atoms with Crippen molar-refractivity contribution in [1.82, 2.24) is 20.0 Å². The van der Waals surface area contributed by atoms with E-state index in [2.05, 4.69) is 5.32 Å².